The van der Waals surface area contributed by atoms with E-state index in [0.29, 0.717) is 21.8 Å². The van der Waals surface area contributed by atoms with Crippen LogP contribution < -0.4 is 4.90 Å². The Morgan fingerprint density at radius 3 is 2.26 bits per heavy atom. The van der Waals surface area contributed by atoms with E-state index in [1.165, 1.54) is 0 Å². The Hall–Kier alpha value is -1.36. The van der Waals surface area contributed by atoms with E-state index in [1.54, 1.807) is 6.07 Å². The van der Waals surface area contributed by atoms with Gasteiger partial charge in [0.1, 0.15) is 5.82 Å². The fourth-order valence-electron chi connectivity index (χ4n) is 2.51. The molecule has 2 heterocycles. The first-order valence-corrected chi connectivity index (χ1v) is 8.46. The van der Waals surface area contributed by atoms with Crippen LogP contribution in [0.1, 0.15) is 25.5 Å². The molecule has 1 aromatic heterocycles. The zero-order chi connectivity index (χ0) is 16.4. The quantitative estimate of drug-likeness (QED) is 0.820. The van der Waals surface area contributed by atoms with Crippen molar-refractivity contribution >= 4 is 29.0 Å². The van der Waals surface area contributed by atoms with Gasteiger partial charge in [0, 0.05) is 40.5 Å². The van der Waals surface area contributed by atoms with E-state index in [4.69, 9.17) is 37.9 Å². The second-order valence-electron chi connectivity index (χ2n) is 5.89. The van der Waals surface area contributed by atoms with Gasteiger partial charge in [-0.25, -0.2) is 9.97 Å². The number of aromatic nitrogens is 2. The second-order valence-corrected chi connectivity index (χ2v) is 6.76. The fourth-order valence-corrected chi connectivity index (χ4v) is 3.04. The third kappa shape index (κ3) is 3.94. The maximum absolute atomic E-state index is 6.12. The molecule has 1 aromatic carbocycles. The van der Waals surface area contributed by atoms with E-state index < -0.39 is 0 Å². The van der Waals surface area contributed by atoms with Crippen molar-refractivity contribution in [2.24, 2.45) is 0 Å². The third-order valence-electron chi connectivity index (χ3n) is 3.78. The number of ether oxygens (including phenoxy) is 1. The molecule has 0 bridgehead atoms. The van der Waals surface area contributed by atoms with Crippen molar-refractivity contribution in [1.29, 1.82) is 0 Å². The Labute approximate surface area is 146 Å². The number of hydrogen-bond acceptors (Lipinski definition) is 4. The fraction of sp³-hybridized carbons (Fsp3) is 0.412. The smallest absolute Gasteiger partial charge is 0.161 e. The standard InChI is InChI=1S/C17H19Cl2N3O/c1-11(2)15-10-16(22-3-5-23-6-4-22)21-17(20-15)12-7-13(18)9-14(19)8-12/h7-11H,3-6H2,1-2H3. The van der Waals surface area contributed by atoms with Gasteiger partial charge in [0.05, 0.1) is 13.2 Å². The summed E-state index contributed by atoms with van der Waals surface area (Å²) in [6.07, 6.45) is 0. The molecule has 1 saturated heterocycles. The summed E-state index contributed by atoms with van der Waals surface area (Å²) in [4.78, 5) is 11.7. The average molecular weight is 352 g/mol. The zero-order valence-electron chi connectivity index (χ0n) is 13.2. The molecule has 0 amide bonds. The van der Waals surface area contributed by atoms with Crippen LogP contribution in [0.25, 0.3) is 11.4 Å². The summed E-state index contributed by atoms with van der Waals surface area (Å²) in [6.45, 7) is 7.37. The van der Waals surface area contributed by atoms with Gasteiger partial charge in [-0.05, 0) is 24.1 Å². The van der Waals surface area contributed by atoms with Gasteiger partial charge in [-0.1, -0.05) is 37.0 Å². The normalized spacial score (nSPS) is 15.3. The predicted molar refractivity (Wildman–Crippen MR) is 94.6 cm³/mol. The van der Waals surface area contributed by atoms with Crippen molar-refractivity contribution in [3.63, 3.8) is 0 Å². The lowest BCUT2D eigenvalue weighted by Gasteiger charge is -2.28. The summed E-state index contributed by atoms with van der Waals surface area (Å²) in [7, 11) is 0. The highest BCUT2D eigenvalue weighted by Crippen LogP contribution is 2.28. The highest BCUT2D eigenvalue weighted by molar-refractivity contribution is 6.35. The number of morpholine rings is 1. The monoisotopic (exact) mass is 351 g/mol. The van der Waals surface area contributed by atoms with E-state index in [9.17, 15) is 0 Å². The summed E-state index contributed by atoms with van der Waals surface area (Å²) in [6, 6.07) is 7.46. The van der Waals surface area contributed by atoms with Gasteiger partial charge in [-0.2, -0.15) is 0 Å². The summed E-state index contributed by atoms with van der Waals surface area (Å²) >= 11 is 12.2. The van der Waals surface area contributed by atoms with Gasteiger partial charge in [0.15, 0.2) is 5.82 Å². The molecule has 23 heavy (non-hydrogen) atoms. The Morgan fingerprint density at radius 2 is 1.65 bits per heavy atom. The van der Waals surface area contributed by atoms with E-state index in [0.717, 1.165) is 43.4 Å². The predicted octanol–water partition coefficient (Wildman–Crippen LogP) is 4.41. The van der Waals surface area contributed by atoms with Crippen molar-refractivity contribution in [2.75, 3.05) is 31.2 Å². The van der Waals surface area contributed by atoms with Crippen LogP contribution in [0, 0.1) is 0 Å². The molecule has 0 unspecified atom stereocenters. The van der Waals surface area contributed by atoms with E-state index >= 15 is 0 Å². The first-order chi connectivity index (χ1) is 11.0. The molecule has 0 saturated carbocycles. The minimum absolute atomic E-state index is 0.311. The number of halogens is 2. The van der Waals surface area contributed by atoms with Gasteiger partial charge >= 0.3 is 0 Å². The number of rotatable bonds is 3. The van der Waals surface area contributed by atoms with Crippen molar-refractivity contribution in [3.05, 3.63) is 40.0 Å². The van der Waals surface area contributed by atoms with Crippen LogP contribution in [0.5, 0.6) is 0 Å². The van der Waals surface area contributed by atoms with Gasteiger partial charge in [0.25, 0.3) is 0 Å². The highest BCUT2D eigenvalue weighted by Gasteiger charge is 2.17. The van der Waals surface area contributed by atoms with Gasteiger partial charge in [0.2, 0.25) is 0 Å². The molecule has 2 aromatic rings. The molecular formula is C17H19Cl2N3O. The Bertz CT molecular complexity index is 680. The molecule has 0 radical (unpaired) electrons. The van der Waals surface area contributed by atoms with Gasteiger partial charge in [-0.15, -0.1) is 0 Å². The Morgan fingerprint density at radius 1 is 1.00 bits per heavy atom. The van der Waals surface area contributed by atoms with E-state index in [2.05, 4.69) is 24.8 Å². The number of nitrogens with zero attached hydrogens (tertiary/aromatic N) is 3. The van der Waals surface area contributed by atoms with Crippen molar-refractivity contribution < 1.29 is 4.74 Å². The van der Waals surface area contributed by atoms with Crippen LogP contribution in [0.3, 0.4) is 0 Å². The number of anilines is 1. The lowest BCUT2D eigenvalue weighted by molar-refractivity contribution is 0.122. The van der Waals surface area contributed by atoms with Crippen LogP contribution in [-0.2, 0) is 4.74 Å². The Balaban J connectivity index is 2.06. The number of hydrogen-bond donors (Lipinski definition) is 0. The van der Waals surface area contributed by atoms with Crippen LogP contribution in [0.15, 0.2) is 24.3 Å². The van der Waals surface area contributed by atoms with Gasteiger partial charge in [-0.3, -0.25) is 0 Å². The van der Waals surface area contributed by atoms with Crippen LogP contribution in [-0.4, -0.2) is 36.3 Å². The molecule has 0 spiro atoms. The minimum Gasteiger partial charge on any atom is -0.378 e. The maximum atomic E-state index is 6.12. The van der Waals surface area contributed by atoms with Crippen LogP contribution in [0.4, 0.5) is 5.82 Å². The SMILES string of the molecule is CC(C)c1cc(N2CCOCC2)nc(-c2cc(Cl)cc(Cl)c2)n1. The molecule has 3 rings (SSSR count). The lowest BCUT2D eigenvalue weighted by atomic mass is 10.1. The first-order valence-electron chi connectivity index (χ1n) is 7.71. The van der Waals surface area contributed by atoms with Gasteiger partial charge < -0.3 is 9.64 Å². The number of benzene rings is 1. The molecule has 6 heteroatoms. The molecule has 0 atom stereocenters. The zero-order valence-corrected chi connectivity index (χ0v) is 14.7. The summed E-state index contributed by atoms with van der Waals surface area (Å²) < 4.78 is 5.43. The van der Waals surface area contributed by atoms with Crippen molar-refractivity contribution in [2.45, 2.75) is 19.8 Å². The average Bonchev–Trinajstić information content (AvgIpc) is 2.54. The molecule has 0 aliphatic carbocycles. The van der Waals surface area contributed by atoms with Crippen molar-refractivity contribution in [1.82, 2.24) is 9.97 Å². The minimum atomic E-state index is 0.311. The second kappa shape index (κ2) is 7.04. The van der Waals surface area contributed by atoms with E-state index in [-0.39, 0.29) is 0 Å². The Kier molecular flexibility index (Phi) is 5.05. The third-order valence-corrected chi connectivity index (χ3v) is 4.22. The van der Waals surface area contributed by atoms with Crippen molar-refractivity contribution in [3.8, 4) is 11.4 Å². The molecule has 4 nitrogen and oxygen atoms in total. The molecular weight excluding hydrogens is 333 g/mol. The van der Waals surface area contributed by atoms with Crippen LogP contribution >= 0.6 is 23.2 Å². The molecule has 0 N–H and O–H groups in total. The van der Waals surface area contributed by atoms with E-state index in [1.807, 2.05) is 12.1 Å². The summed E-state index contributed by atoms with van der Waals surface area (Å²) in [5, 5.41) is 1.16. The topological polar surface area (TPSA) is 38.2 Å². The van der Waals surface area contributed by atoms with Crippen LogP contribution in [0.2, 0.25) is 10.0 Å². The highest BCUT2D eigenvalue weighted by atomic mass is 35.5. The molecule has 1 aliphatic rings. The largest absolute Gasteiger partial charge is 0.378 e. The summed E-state index contributed by atoms with van der Waals surface area (Å²) in [5.41, 5.74) is 1.84. The summed E-state index contributed by atoms with van der Waals surface area (Å²) in [5.74, 6) is 1.89. The molecule has 1 fully saturated rings. The molecule has 1 aliphatic heterocycles. The first kappa shape index (κ1) is 16.5. The maximum Gasteiger partial charge on any atom is 0.161 e. The lowest BCUT2D eigenvalue weighted by Crippen LogP contribution is -2.37. The molecule has 122 valence electrons.